The molecule has 1 saturated carbocycles. The van der Waals surface area contributed by atoms with Crippen LogP contribution < -0.4 is 0 Å². The topological polar surface area (TPSA) is 98.1 Å². The Balaban J connectivity index is 2.79. The molecule has 1 aliphatic carbocycles. The third kappa shape index (κ3) is 3.91. The van der Waals surface area contributed by atoms with E-state index in [-0.39, 0.29) is 38.1 Å². The van der Waals surface area contributed by atoms with E-state index in [9.17, 15) is 14.7 Å². The van der Waals surface area contributed by atoms with Crippen molar-refractivity contribution in [2.45, 2.75) is 26.2 Å². The van der Waals surface area contributed by atoms with Gasteiger partial charge in [0.15, 0.2) is 0 Å². The molecule has 1 aliphatic rings. The Morgan fingerprint density at radius 1 is 1.11 bits per heavy atom. The van der Waals surface area contributed by atoms with Crippen molar-refractivity contribution in [3.8, 4) is 0 Å². The van der Waals surface area contributed by atoms with E-state index in [0.29, 0.717) is 12.8 Å². The van der Waals surface area contributed by atoms with E-state index in [1.165, 1.54) is 4.90 Å². The molecule has 0 spiro atoms. The molecule has 0 saturated heterocycles. The minimum atomic E-state index is -0.928. The van der Waals surface area contributed by atoms with Gasteiger partial charge in [-0.25, -0.2) is 0 Å². The predicted octanol–water partition coefficient (Wildman–Crippen LogP) is -0.0634. The van der Waals surface area contributed by atoms with E-state index in [1.54, 1.807) is 0 Å². The van der Waals surface area contributed by atoms with Gasteiger partial charge >= 0.3 is 5.97 Å². The third-order valence-corrected chi connectivity index (χ3v) is 3.92. The van der Waals surface area contributed by atoms with Crippen molar-refractivity contribution >= 4 is 11.9 Å². The fourth-order valence-corrected chi connectivity index (χ4v) is 2.83. The minimum absolute atomic E-state index is 0.138. The highest BCUT2D eigenvalue weighted by molar-refractivity contribution is 5.85. The number of hydrogen-bond acceptors (Lipinski definition) is 4. The first-order chi connectivity index (χ1) is 9.04. The normalized spacial score (nSPS) is 26.4. The van der Waals surface area contributed by atoms with Gasteiger partial charge in [-0.05, 0) is 18.8 Å². The number of carbonyl (C=O) groups excluding carboxylic acids is 1. The molecule has 1 amide bonds. The monoisotopic (exact) mass is 273 g/mol. The summed E-state index contributed by atoms with van der Waals surface area (Å²) in [6.07, 6.45) is 1.99. The molecule has 6 heteroatoms. The largest absolute Gasteiger partial charge is 0.481 e. The van der Waals surface area contributed by atoms with Crippen LogP contribution in [0.2, 0.25) is 0 Å². The maximum atomic E-state index is 12.3. The van der Waals surface area contributed by atoms with E-state index in [0.717, 1.165) is 6.42 Å². The molecule has 0 radical (unpaired) electrons. The second-order valence-electron chi connectivity index (χ2n) is 5.07. The lowest BCUT2D eigenvalue weighted by molar-refractivity contribution is -0.149. The Hall–Kier alpha value is -1.14. The van der Waals surface area contributed by atoms with Crippen LogP contribution in [0.15, 0.2) is 0 Å². The van der Waals surface area contributed by atoms with Gasteiger partial charge in [0.1, 0.15) is 0 Å². The first-order valence-corrected chi connectivity index (χ1v) is 6.78. The summed E-state index contributed by atoms with van der Waals surface area (Å²) in [6, 6.07) is 0. The Bertz CT molecular complexity index is 314. The number of aliphatic carboxylic acids is 1. The second-order valence-corrected chi connectivity index (χ2v) is 5.07. The summed E-state index contributed by atoms with van der Waals surface area (Å²) in [6.45, 7) is 1.90. The van der Waals surface area contributed by atoms with Crippen molar-refractivity contribution in [3.05, 3.63) is 0 Å². The van der Waals surface area contributed by atoms with Crippen molar-refractivity contribution in [3.63, 3.8) is 0 Å². The number of carbonyl (C=O) groups is 2. The van der Waals surface area contributed by atoms with Gasteiger partial charge in [-0.15, -0.1) is 0 Å². The lowest BCUT2D eigenvalue weighted by Crippen LogP contribution is -2.42. The van der Waals surface area contributed by atoms with Crippen molar-refractivity contribution < 1.29 is 24.9 Å². The molecule has 3 N–H and O–H groups in total. The Kier molecular flexibility index (Phi) is 6.24. The lowest BCUT2D eigenvalue weighted by Gasteiger charge is -2.26. The number of carboxylic acid groups (broad SMARTS) is 1. The van der Waals surface area contributed by atoms with E-state index in [4.69, 9.17) is 10.2 Å². The predicted molar refractivity (Wildman–Crippen MR) is 68.4 cm³/mol. The highest BCUT2D eigenvalue weighted by Crippen LogP contribution is 2.39. The van der Waals surface area contributed by atoms with Gasteiger partial charge < -0.3 is 20.2 Å². The van der Waals surface area contributed by atoms with Crippen LogP contribution in [0.4, 0.5) is 0 Å². The maximum Gasteiger partial charge on any atom is 0.307 e. The number of rotatable bonds is 7. The minimum Gasteiger partial charge on any atom is -0.481 e. The zero-order chi connectivity index (χ0) is 14.4. The Morgan fingerprint density at radius 2 is 1.63 bits per heavy atom. The number of amides is 1. The van der Waals surface area contributed by atoms with E-state index in [1.807, 2.05) is 6.92 Å². The van der Waals surface area contributed by atoms with E-state index < -0.39 is 17.8 Å². The zero-order valence-electron chi connectivity index (χ0n) is 11.3. The zero-order valence-corrected chi connectivity index (χ0v) is 11.3. The van der Waals surface area contributed by atoms with Gasteiger partial charge in [0, 0.05) is 13.1 Å². The molecule has 1 rings (SSSR count). The van der Waals surface area contributed by atoms with Crippen molar-refractivity contribution in [2.75, 3.05) is 26.3 Å². The highest BCUT2D eigenvalue weighted by Gasteiger charge is 2.43. The summed E-state index contributed by atoms with van der Waals surface area (Å²) in [5, 5.41) is 27.1. The number of aliphatic hydroxyl groups excluding tert-OH is 2. The second kappa shape index (κ2) is 7.45. The van der Waals surface area contributed by atoms with Crippen LogP contribution in [0.3, 0.4) is 0 Å². The van der Waals surface area contributed by atoms with Gasteiger partial charge in [-0.2, -0.15) is 0 Å². The van der Waals surface area contributed by atoms with Gasteiger partial charge in [-0.3, -0.25) is 9.59 Å². The molecular formula is C13H23NO5. The molecule has 3 atom stereocenters. The number of hydrogen-bond donors (Lipinski definition) is 3. The van der Waals surface area contributed by atoms with E-state index in [2.05, 4.69) is 0 Å². The van der Waals surface area contributed by atoms with Crippen molar-refractivity contribution in [1.82, 2.24) is 4.90 Å². The molecule has 110 valence electrons. The number of carboxylic acids is 1. The van der Waals surface area contributed by atoms with Crippen molar-refractivity contribution in [1.29, 1.82) is 0 Å². The fourth-order valence-electron chi connectivity index (χ4n) is 2.83. The van der Waals surface area contributed by atoms with Gasteiger partial charge in [-0.1, -0.05) is 13.3 Å². The van der Waals surface area contributed by atoms with Crippen LogP contribution in [-0.2, 0) is 9.59 Å². The van der Waals surface area contributed by atoms with Crippen LogP contribution in [0, 0.1) is 17.8 Å². The van der Waals surface area contributed by atoms with Crippen LogP contribution in [0.5, 0.6) is 0 Å². The molecule has 0 aromatic carbocycles. The first kappa shape index (κ1) is 15.9. The molecule has 19 heavy (non-hydrogen) atoms. The number of aliphatic hydroxyl groups is 2. The summed E-state index contributed by atoms with van der Waals surface area (Å²) in [7, 11) is 0. The molecule has 0 aromatic rings. The molecule has 0 aromatic heterocycles. The van der Waals surface area contributed by atoms with Gasteiger partial charge in [0.05, 0.1) is 25.0 Å². The first-order valence-electron chi connectivity index (χ1n) is 6.78. The quantitative estimate of drug-likeness (QED) is 0.603. The lowest BCUT2D eigenvalue weighted by atomic mass is 9.94. The molecule has 3 unspecified atom stereocenters. The molecule has 0 heterocycles. The van der Waals surface area contributed by atoms with Gasteiger partial charge in [0.25, 0.3) is 0 Å². The average molecular weight is 273 g/mol. The SMILES string of the molecule is CCC1CC(C(=O)O)C(C(=O)N(CCO)CCO)C1. The van der Waals surface area contributed by atoms with E-state index >= 15 is 0 Å². The molecule has 0 aliphatic heterocycles. The van der Waals surface area contributed by atoms with Crippen LogP contribution in [0.1, 0.15) is 26.2 Å². The van der Waals surface area contributed by atoms with Crippen molar-refractivity contribution in [2.24, 2.45) is 17.8 Å². The van der Waals surface area contributed by atoms with Crippen LogP contribution >= 0.6 is 0 Å². The Labute approximate surface area is 113 Å². The average Bonchev–Trinajstić information content (AvgIpc) is 2.82. The molecule has 0 bridgehead atoms. The van der Waals surface area contributed by atoms with Gasteiger partial charge in [0.2, 0.25) is 5.91 Å². The smallest absolute Gasteiger partial charge is 0.307 e. The fraction of sp³-hybridized carbons (Fsp3) is 0.846. The third-order valence-electron chi connectivity index (χ3n) is 3.92. The maximum absolute atomic E-state index is 12.3. The van der Waals surface area contributed by atoms with Crippen LogP contribution in [0.25, 0.3) is 0 Å². The number of nitrogens with zero attached hydrogens (tertiary/aromatic N) is 1. The summed E-state index contributed by atoms with van der Waals surface area (Å²) < 4.78 is 0. The standard InChI is InChI=1S/C13H23NO5/c1-2-9-7-10(11(8-9)13(18)19)12(17)14(3-5-15)4-6-16/h9-11,15-16H,2-8H2,1H3,(H,18,19). The molecular weight excluding hydrogens is 250 g/mol. The summed E-state index contributed by atoms with van der Waals surface area (Å²) in [5.74, 6) is -2.09. The Morgan fingerprint density at radius 3 is 2.05 bits per heavy atom. The molecule has 6 nitrogen and oxygen atoms in total. The summed E-state index contributed by atoms with van der Waals surface area (Å²) >= 11 is 0. The summed E-state index contributed by atoms with van der Waals surface area (Å²) in [4.78, 5) is 24.9. The van der Waals surface area contributed by atoms with Crippen LogP contribution in [-0.4, -0.2) is 58.4 Å². The summed E-state index contributed by atoms with van der Waals surface area (Å²) in [5.41, 5.74) is 0. The highest BCUT2D eigenvalue weighted by atomic mass is 16.4. The molecule has 1 fully saturated rings.